The summed E-state index contributed by atoms with van der Waals surface area (Å²) in [5.74, 6) is -2.98. The van der Waals surface area contributed by atoms with E-state index in [0.29, 0.717) is 0 Å². The van der Waals surface area contributed by atoms with Crippen molar-refractivity contribution >= 4 is 5.97 Å². The highest BCUT2D eigenvalue weighted by Crippen LogP contribution is 2.19. The van der Waals surface area contributed by atoms with Crippen molar-refractivity contribution in [2.45, 2.75) is 6.92 Å². The predicted octanol–water partition coefficient (Wildman–Crippen LogP) is 1.55. The maximum Gasteiger partial charge on any atom is 0.358 e. The van der Waals surface area contributed by atoms with Crippen molar-refractivity contribution in [3.63, 3.8) is 0 Å². The molecule has 2 aromatic rings. The van der Waals surface area contributed by atoms with Gasteiger partial charge in [-0.25, -0.2) is 18.3 Å². The van der Waals surface area contributed by atoms with Crippen LogP contribution in [0.15, 0.2) is 18.2 Å². The van der Waals surface area contributed by atoms with E-state index in [-0.39, 0.29) is 11.4 Å². The average molecular weight is 239 g/mol. The molecule has 1 heterocycles. The van der Waals surface area contributed by atoms with Gasteiger partial charge in [0, 0.05) is 0 Å². The van der Waals surface area contributed by atoms with E-state index in [0.717, 1.165) is 16.8 Å². The summed E-state index contributed by atoms with van der Waals surface area (Å²) < 4.78 is 27.7. The van der Waals surface area contributed by atoms with E-state index in [4.69, 9.17) is 5.11 Å². The molecule has 1 aromatic carbocycles. The second-order valence-corrected chi connectivity index (χ2v) is 3.31. The van der Waals surface area contributed by atoms with Gasteiger partial charge in [-0.2, -0.15) is 0 Å². The van der Waals surface area contributed by atoms with Crippen molar-refractivity contribution in [1.82, 2.24) is 15.0 Å². The zero-order valence-electron chi connectivity index (χ0n) is 8.69. The van der Waals surface area contributed by atoms with Gasteiger partial charge in [0.1, 0.15) is 5.69 Å². The van der Waals surface area contributed by atoms with Gasteiger partial charge in [0.15, 0.2) is 17.3 Å². The van der Waals surface area contributed by atoms with Gasteiger partial charge in [0.05, 0.1) is 5.69 Å². The molecule has 88 valence electrons. The number of hydrogen-bond acceptors (Lipinski definition) is 3. The minimum atomic E-state index is -1.30. The van der Waals surface area contributed by atoms with Gasteiger partial charge in [-0.3, -0.25) is 0 Å². The van der Waals surface area contributed by atoms with Gasteiger partial charge < -0.3 is 5.11 Å². The SMILES string of the molecule is Cc1c(C(=O)O)nnn1-c1c(F)cccc1F. The first kappa shape index (κ1) is 11.2. The summed E-state index contributed by atoms with van der Waals surface area (Å²) in [6, 6.07) is 3.32. The molecular formula is C10H7F2N3O2. The van der Waals surface area contributed by atoms with Crippen LogP contribution in [0.3, 0.4) is 0 Å². The lowest BCUT2D eigenvalue weighted by Gasteiger charge is -2.05. The van der Waals surface area contributed by atoms with Crippen LogP contribution in [0.25, 0.3) is 5.69 Å². The van der Waals surface area contributed by atoms with E-state index in [2.05, 4.69) is 10.3 Å². The second-order valence-electron chi connectivity index (χ2n) is 3.31. The molecule has 0 bridgehead atoms. The van der Waals surface area contributed by atoms with Crippen molar-refractivity contribution in [3.8, 4) is 5.69 Å². The molecule has 0 aliphatic heterocycles. The number of rotatable bonds is 2. The molecule has 0 atom stereocenters. The number of benzene rings is 1. The summed E-state index contributed by atoms with van der Waals surface area (Å²) in [5.41, 5.74) is -0.723. The molecule has 0 fully saturated rings. The summed E-state index contributed by atoms with van der Waals surface area (Å²) in [5, 5.41) is 15.5. The quantitative estimate of drug-likeness (QED) is 0.863. The lowest BCUT2D eigenvalue weighted by molar-refractivity contribution is 0.0689. The Morgan fingerprint density at radius 3 is 2.41 bits per heavy atom. The van der Waals surface area contributed by atoms with Crippen LogP contribution in [-0.2, 0) is 0 Å². The minimum absolute atomic E-state index is 0.0569. The molecule has 7 heteroatoms. The second kappa shape index (κ2) is 3.93. The normalized spacial score (nSPS) is 10.5. The summed E-state index contributed by atoms with van der Waals surface area (Å²) >= 11 is 0. The van der Waals surface area contributed by atoms with Crippen LogP contribution in [-0.4, -0.2) is 26.1 Å². The Balaban J connectivity index is 2.66. The number of nitrogens with zero attached hydrogens (tertiary/aromatic N) is 3. The van der Waals surface area contributed by atoms with Crippen molar-refractivity contribution in [1.29, 1.82) is 0 Å². The van der Waals surface area contributed by atoms with Gasteiger partial charge in [-0.1, -0.05) is 11.3 Å². The number of aromatic nitrogens is 3. The summed E-state index contributed by atoms with van der Waals surface area (Å²) in [7, 11) is 0. The lowest BCUT2D eigenvalue weighted by Crippen LogP contribution is -2.06. The van der Waals surface area contributed by atoms with Crippen LogP contribution >= 0.6 is 0 Å². The van der Waals surface area contributed by atoms with E-state index >= 15 is 0 Å². The van der Waals surface area contributed by atoms with E-state index in [1.807, 2.05) is 0 Å². The van der Waals surface area contributed by atoms with Crippen molar-refractivity contribution in [2.24, 2.45) is 0 Å². The first-order valence-corrected chi connectivity index (χ1v) is 4.62. The predicted molar refractivity (Wildman–Crippen MR) is 53.0 cm³/mol. The maximum absolute atomic E-state index is 13.5. The van der Waals surface area contributed by atoms with Gasteiger partial charge >= 0.3 is 5.97 Å². The van der Waals surface area contributed by atoms with Crippen LogP contribution in [0.5, 0.6) is 0 Å². The van der Waals surface area contributed by atoms with Gasteiger partial charge in [0.2, 0.25) is 0 Å². The Labute approximate surface area is 94.3 Å². The Morgan fingerprint density at radius 2 is 1.94 bits per heavy atom. The number of para-hydroxylation sites is 1. The fourth-order valence-electron chi connectivity index (χ4n) is 1.43. The number of aromatic carboxylic acids is 1. The zero-order chi connectivity index (χ0) is 12.6. The molecule has 0 aliphatic carbocycles. The third kappa shape index (κ3) is 1.75. The van der Waals surface area contributed by atoms with E-state index in [9.17, 15) is 13.6 Å². The van der Waals surface area contributed by atoms with E-state index < -0.39 is 23.3 Å². The van der Waals surface area contributed by atoms with Crippen LogP contribution in [0.1, 0.15) is 16.2 Å². The molecule has 0 spiro atoms. The van der Waals surface area contributed by atoms with Gasteiger partial charge in [0.25, 0.3) is 0 Å². The third-order valence-electron chi connectivity index (χ3n) is 2.25. The number of carboxylic acid groups (broad SMARTS) is 1. The Kier molecular flexibility index (Phi) is 2.58. The first-order valence-electron chi connectivity index (χ1n) is 4.62. The Bertz CT molecular complexity index is 575. The smallest absolute Gasteiger partial charge is 0.358 e. The fourth-order valence-corrected chi connectivity index (χ4v) is 1.43. The molecule has 0 saturated carbocycles. The molecule has 1 aromatic heterocycles. The highest BCUT2D eigenvalue weighted by atomic mass is 19.1. The maximum atomic E-state index is 13.5. The zero-order valence-corrected chi connectivity index (χ0v) is 8.69. The monoisotopic (exact) mass is 239 g/mol. The molecule has 1 N–H and O–H groups in total. The molecule has 17 heavy (non-hydrogen) atoms. The largest absolute Gasteiger partial charge is 0.476 e. The molecule has 0 saturated heterocycles. The van der Waals surface area contributed by atoms with Crippen molar-refractivity contribution < 1.29 is 18.7 Å². The lowest BCUT2D eigenvalue weighted by atomic mass is 10.2. The minimum Gasteiger partial charge on any atom is -0.476 e. The molecule has 0 unspecified atom stereocenters. The molecule has 2 rings (SSSR count). The highest BCUT2D eigenvalue weighted by molar-refractivity contribution is 5.86. The number of halogens is 2. The first-order chi connectivity index (χ1) is 8.02. The summed E-state index contributed by atoms with van der Waals surface area (Å²) in [6.45, 7) is 1.37. The molecule has 0 aliphatic rings. The van der Waals surface area contributed by atoms with Crippen LogP contribution in [0.2, 0.25) is 0 Å². The molecular weight excluding hydrogens is 232 g/mol. The Morgan fingerprint density at radius 1 is 1.35 bits per heavy atom. The molecule has 0 amide bonds. The van der Waals surface area contributed by atoms with E-state index in [1.165, 1.54) is 13.0 Å². The van der Waals surface area contributed by atoms with E-state index in [1.54, 1.807) is 0 Å². The summed E-state index contributed by atoms with van der Waals surface area (Å²) in [6.07, 6.45) is 0. The van der Waals surface area contributed by atoms with Gasteiger partial charge in [-0.15, -0.1) is 5.10 Å². The van der Waals surface area contributed by atoms with Crippen LogP contribution in [0, 0.1) is 18.6 Å². The number of carboxylic acids is 1. The van der Waals surface area contributed by atoms with Crippen LogP contribution in [0.4, 0.5) is 8.78 Å². The Hall–Kier alpha value is -2.31. The molecule has 0 radical (unpaired) electrons. The standard InChI is InChI=1S/C10H7F2N3O2/c1-5-8(10(16)17)13-14-15(5)9-6(11)3-2-4-7(9)12/h2-4H,1H3,(H,16,17). The van der Waals surface area contributed by atoms with Crippen molar-refractivity contribution in [3.05, 3.63) is 41.2 Å². The average Bonchev–Trinajstić information content (AvgIpc) is 2.61. The highest BCUT2D eigenvalue weighted by Gasteiger charge is 2.20. The summed E-state index contributed by atoms with van der Waals surface area (Å²) in [4.78, 5) is 10.7. The van der Waals surface area contributed by atoms with Crippen LogP contribution < -0.4 is 0 Å². The topological polar surface area (TPSA) is 68.0 Å². The molecule has 5 nitrogen and oxygen atoms in total. The van der Waals surface area contributed by atoms with Gasteiger partial charge in [-0.05, 0) is 19.1 Å². The third-order valence-corrected chi connectivity index (χ3v) is 2.25. The number of hydrogen-bond donors (Lipinski definition) is 1. The fraction of sp³-hybridized carbons (Fsp3) is 0.100. The number of carbonyl (C=O) groups is 1. The van der Waals surface area contributed by atoms with Crippen molar-refractivity contribution in [2.75, 3.05) is 0 Å².